The maximum Gasteiger partial charge on any atom is 0.230 e. The number of hydrogen-bond donors (Lipinski definition) is 1. The molecule has 4 heteroatoms. The van der Waals surface area contributed by atoms with Crippen LogP contribution >= 0.6 is 0 Å². The second-order valence-corrected chi connectivity index (χ2v) is 7.71. The Hall–Kier alpha value is -1.55. The molecule has 3 aliphatic rings. The van der Waals surface area contributed by atoms with Crippen molar-refractivity contribution in [2.75, 3.05) is 26.2 Å². The number of phenolic OH excluding ortho intramolecular Hbond substituents is 1. The summed E-state index contributed by atoms with van der Waals surface area (Å²) in [6, 6.07) is 7.47. The molecule has 3 fully saturated rings. The average Bonchev–Trinajstić information content (AvgIpc) is 3.25. The molecule has 1 aromatic carbocycles. The molecule has 0 aromatic heterocycles. The van der Waals surface area contributed by atoms with Crippen molar-refractivity contribution in [2.24, 2.45) is 11.3 Å². The molecule has 1 aliphatic carbocycles. The highest BCUT2D eigenvalue weighted by Crippen LogP contribution is 2.42. The van der Waals surface area contributed by atoms with E-state index in [4.69, 9.17) is 0 Å². The van der Waals surface area contributed by atoms with Crippen LogP contribution < -0.4 is 0 Å². The topological polar surface area (TPSA) is 43.8 Å². The Morgan fingerprint density at radius 3 is 2.87 bits per heavy atom. The molecule has 0 bridgehead atoms. The van der Waals surface area contributed by atoms with Crippen LogP contribution in [0.5, 0.6) is 5.75 Å². The molecular formula is C19H26N2O2. The first-order valence-corrected chi connectivity index (χ1v) is 8.94. The number of carbonyl (C=O) groups excluding carboxylic acids is 1. The molecule has 0 unspecified atom stereocenters. The highest BCUT2D eigenvalue weighted by molar-refractivity contribution is 5.84. The first-order chi connectivity index (χ1) is 11.1. The van der Waals surface area contributed by atoms with Crippen LogP contribution in [-0.4, -0.2) is 47.0 Å². The van der Waals surface area contributed by atoms with Gasteiger partial charge in [-0.3, -0.25) is 9.69 Å². The molecule has 4 nitrogen and oxygen atoms in total. The van der Waals surface area contributed by atoms with E-state index < -0.39 is 0 Å². The van der Waals surface area contributed by atoms with Gasteiger partial charge in [0.05, 0.1) is 5.41 Å². The van der Waals surface area contributed by atoms with E-state index in [2.05, 4.69) is 9.80 Å². The molecule has 1 atom stereocenters. The molecule has 4 rings (SSSR count). The molecule has 124 valence electrons. The van der Waals surface area contributed by atoms with Gasteiger partial charge in [-0.15, -0.1) is 0 Å². The fourth-order valence-electron chi connectivity index (χ4n) is 4.32. The number of nitrogens with zero attached hydrogens (tertiary/aromatic N) is 2. The van der Waals surface area contributed by atoms with Crippen LogP contribution in [0.15, 0.2) is 24.3 Å². The van der Waals surface area contributed by atoms with E-state index in [9.17, 15) is 9.90 Å². The van der Waals surface area contributed by atoms with Crippen LogP contribution in [-0.2, 0) is 11.3 Å². The monoisotopic (exact) mass is 314 g/mol. The largest absolute Gasteiger partial charge is 0.508 e. The maximum absolute atomic E-state index is 13.0. The van der Waals surface area contributed by atoms with E-state index in [0.29, 0.717) is 11.7 Å². The standard InChI is InChI=1S/C19H26N2O2/c22-17-4-1-3-16(11-17)12-20-10-8-19(14-20)7-2-9-21(18(19)23)13-15-5-6-15/h1,3-4,11,15,22H,2,5-10,12-14H2/t19-/m1/s1. The predicted octanol–water partition coefficient (Wildman–Crippen LogP) is 2.62. The lowest BCUT2D eigenvalue weighted by Crippen LogP contribution is -2.50. The normalized spacial score (nSPS) is 28.7. The lowest BCUT2D eigenvalue weighted by Gasteiger charge is -2.39. The quantitative estimate of drug-likeness (QED) is 0.929. The second kappa shape index (κ2) is 5.82. The number of carbonyl (C=O) groups is 1. The predicted molar refractivity (Wildman–Crippen MR) is 89.0 cm³/mol. The molecule has 1 spiro atoms. The number of hydrogen-bond acceptors (Lipinski definition) is 3. The minimum Gasteiger partial charge on any atom is -0.508 e. The van der Waals surface area contributed by atoms with Gasteiger partial charge in [0.1, 0.15) is 5.75 Å². The van der Waals surface area contributed by atoms with Crippen molar-refractivity contribution in [1.29, 1.82) is 0 Å². The zero-order chi connectivity index (χ0) is 15.9. The number of phenols is 1. The molecule has 23 heavy (non-hydrogen) atoms. The van der Waals surface area contributed by atoms with Crippen molar-refractivity contribution < 1.29 is 9.90 Å². The Labute approximate surface area is 138 Å². The SMILES string of the molecule is O=C1N(CC2CC2)CCC[C@]12CCN(Cc1cccc(O)c1)C2. The highest BCUT2D eigenvalue weighted by atomic mass is 16.3. The second-order valence-electron chi connectivity index (χ2n) is 7.71. The van der Waals surface area contributed by atoms with Gasteiger partial charge in [-0.25, -0.2) is 0 Å². The van der Waals surface area contributed by atoms with Crippen LogP contribution in [0.25, 0.3) is 0 Å². The molecular weight excluding hydrogens is 288 g/mol. The third-order valence-corrected chi connectivity index (χ3v) is 5.75. The zero-order valence-corrected chi connectivity index (χ0v) is 13.7. The van der Waals surface area contributed by atoms with E-state index in [-0.39, 0.29) is 5.41 Å². The first-order valence-electron chi connectivity index (χ1n) is 8.94. The molecule has 1 aromatic rings. The van der Waals surface area contributed by atoms with Crippen molar-refractivity contribution >= 4 is 5.91 Å². The third-order valence-electron chi connectivity index (χ3n) is 5.75. The maximum atomic E-state index is 13.0. The van der Waals surface area contributed by atoms with Gasteiger partial charge in [0.2, 0.25) is 5.91 Å². The lowest BCUT2D eigenvalue weighted by atomic mass is 9.78. The zero-order valence-electron chi connectivity index (χ0n) is 13.7. The van der Waals surface area contributed by atoms with Crippen molar-refractivity contribution in [3.63, 3.8) is 0 Å². The van der Waals surface area contributed by atoms with Crippen molar-refractivity contribution in [3.05, 3.63) is 29.8 Å². The molecule has 2 aliphatic heterocycles. The molecule has 0 radical (unpaired) electrons. The summed E-state index contributed by atoms with van der Waals surface area (Å²) in [5.74, 6) is 1.51. The number of amides is 1. The first kappa shape index (κ1) is 15.0. The summed E-state index contributed by atoms with van der Waals surface area (Å²) in [5, 5.41) is 9.62. The molecule has 1 N–H and O–H groups in total. The minimum atomic E-state index is -0.135. The summed E-state index contributed by atoms with van der Waals surface area (Å²) in [5.41, 5.74) is 0.990. The Balaban J connectivity index is 1.42. The van der Waals surface area contributed by atoms with E-state index >= 15 is 0 Å². The summed E-state index contributed by atoms with van der Waals surface area (Å²) in [7, 11) is 0. The minimum absolute atomic E-state index is 0.135. The Bertz CT molecular complexity index is 599. The van der Waals surface area contributed by atoms with E-state index in [1.807, 2.05) is 18.2 Å². The number of rotatable bonds is 4. The highest BCUT2D eigenvalue weighted by Gasteiger charge is 2.48. The van der Waals surface area contributed by atoms with Gasteiger partial charge in [0.15, 0.2) is 0 Å². The molecule has 1 saturated carbocycles. The van der Waals surface area contributed by atoms with Gasteiger partial charge >= 0.3 is 0 Å². The van der Waals surface area contributed by atoms with Crippen LogP contribution in [0, 0.1) is 11.3 Å². The smallest absolute Gasteiger partial charge is 0.230 e. The van der Waals surface area contributed by atoms with Crippen LogP contribution in [0.4, 0.5) is 0 Å². The number of benzene rings is 1. The molecule has 1 amide bonds. The summed E-state index contributed by atoms with van der Waals surface area (Å²) >= 11 is 0. The summed E-state index contributed by atoms with van der Waals surface area (Å²) in [4.78, 5) is 17.6. The van der Waals surface area contributed by atoms with Crippen LogP contribution in [0.3, 0.4) is 0 Å². The van der Waals surface area contributed by atoms with Gasteiger partial charge in [-0.2, -0.15) is 0 Å². The van der Waals surface area contributed by atoms with Crippen LogP contribution in [0.1, 0.15) is 37.7 Å². The summed E-state index contributed by atoms with van der Waals surface area (Å²) < 4.78 is 0. The van der Waals surface area contributed by atoms with Gasteiger partial charge in [0, 0.05) is 26.2 Å². The summed E-state index contributed by atoms with van der Waals surface area (Å²) in [6.45, 7) is 4.64. The Morgan fingerprint density at radius 1 is 1.22 bits per heavy atom. The van der Waals surface area contributed by atoms with Crippen molar-refractivity contribution in [1.82, 2.24) is 9.80 Å². The average molecular weight is 314 g/mol. The van der Waals surface area contributed by atoms with E-state index in [1.54, 1.807) is 6.07 Å². The molecule has 2 saturated heterocycles. The van der Waals surface area contributed by atoms with Crippen molar-refractivity contribution in [2.45, 2.75) is 38.6 Å². The van der Waals surface area contributed by atoms with E-state index in [0.717, 1.165) is 63.5 Å². The van der Waals surface area contributed by atoms with Gasteiger partial charge in [-0.1, -0.05) is 12.1 Å². The van der Waals surface area contributed by atoms with Gasteiger partial charge in [0.25, 0.3) is 0 Å². The fourth-order valence-corrected chi connectivity index (χ4v) is 4.32. The Kier molecular flexibility index (Phi) is 3.80. The third kappa shape index (κ3) is 3.09. The van der Waals surface area contributed by atoms with Crippen LogP contribution in [0.2, 0.25) is 0 Å². The van der Waals surface area contributed by atoms with Crippen molar-refractivity contribution in [3.8, 4) is 5.75 Å². The number of likely N-dealkylation sites (tertiary alicyclic amines) is 2. The van der Waals surface area contributed by atoms with E-state index in [1.165, 1.54) is 12.8 Å². The number of piperidine rings is 1. The summed E-state index contributed by atoms with van der Waals surface area (Å²) in [6.07, 6.45) is 5.80. The lowest BCUT2D eigenvalue weighted by molar-refractivity contribution is -0.145. The van der Waals surface area contributed by atoms with Gasteiger partial charge in [-0.05, 0) is 62.3 Å². The van der Waals surface area contributed by atoms with Gasteiger partial charge < -0.3 is 10.0 Å². The molecule has 2 heterocycles. The fraction of sp³-hybridized carbons (Fsp3) is 0.632. The Morgan fingerprint density at radius 2 is 2.09 bits per heavy atom. The number of aromatic hydroxyl groups is 1.